The van der Waals surface area contributed by atoms with Crippen molar-refractivity contribution in [2.45, 2.75) is 45.0 Å². The summed E-state index contributed by atoms with van der Waals surface area (Å²) in [5.74, 6) is 1.51. The van der Waals surface area contributed by atoms with Crippen LogP contribution in [-0.4, -0.2) is 26.4 Å². The van der Waals surface area contributed by atoms with Crippen molar-refractivity contribution >= 4 is 35.0 Å². The quantitative estimate of drug-likeness (QED) is 0.297. The van der Waals surface area contributed by atoms with Gasteiger partial charge in [0.05, 0.1) is 5.75 Å². The van der Waals surface area contributed by atoms with Gasteiger partial charge in [-0.3, -0.25) is 9.36 Å². The number of carbonyl (C=O) groups excluding carboxylic acids is 1. The van der Waals surface area contributed by atoms with E-state index >= 15 is 0 Å². The Labute approximate surface area is 198 Å². The molecule has 6 nitrogen and oxygen atoms in total. The molecule has 32 heavy (non-hydrogen) atoms. The van der Waals surface area contributed by atoms with Crippen molar-refractivity contribution < 1.29 is 9.53 Å². The maximum absolute atomic E-state index is 12.4. The number of allylic oxidation sites excluding steroid dienone is 1. The second kappa shape index (κ2) is 11.2. The smallest absolute Gasteiger partial charge is 0.234 e. The monoisotopic (exact) mass is 470 g/mol. The highest BCUT2D eigenvalue weighted by atomic mass is 35.5. The number of carbonyl (C=O) groups is 1. The number of aryl methyl sites for hydroxylation is 2. The van der Waals surface area contributed by atoms with Crippen LogP contribution in [0.3, 0.4) is 0 Å². The number of anilines is 1. The molecule has 0 saturated carbocycles. The third kappa shape index (κ3) is 6.14. The van der Waals surface area contributed by atoms with E-state index in [0.29, 0.717) is 22.5 Å². The van der Waals surface area contributed by atoms with Crippen molar-refractivity contribution in [3.63, 3.8) is 0 Å². The first-order valence-corrected chi connectivity index (χ1v) is 11.8. The Morgan fingerprint density at radius 3 is 2.69 bits per heavy atom. The van der Waals surface area contributed by atoms with Crippen molar-refractivity contribution in [1.82, 2.24) is 14.8 Å². The number of aromatic nitrogens is 3. The summed E-state index contributed by atoms with van der Waals surface area (Å²) >= 11 is 7.36. The molecule has 0 aliphatic heterocycles. The van der Waals surface area contributed by atoms with Gasteiger partial charge >= 0.3 is 0 Å². The lowest BCUT2D eigenvalue weighted by atomic mass is 10.1. The number of nitrogens with zero attached hydrogens (tertiary/aromatic N) is 3. The van der Waals surface area contributed by atoms with Gasteiger partial charge in [-0.25, -0.2) is 0 Å². The van der Waals surface area contributed by atoms with Gasteiger partial charge < -0.3 is 10.1 Å². The van der Waals surface area contributed by atoms with Crippen LogP contribution in [-0.2, 0) is 17.8 Å². The first kappa shape index (κ1) is 23.9. The minimum Gasteiger partial charge on any atom is -0.482 e. The molecule has 1 unspecified atom stereocenters. The van der Waals surface area contributed by atoms with E-state index in [-0.39, 0.29) is 17.8 Å². The van der Waals surface area contributed by atoms with Gasteiger partial charge in [0.15, 0.2) is 17.1 Å². The van der Waals surface area contributed by atoms with Crippen LogP contribution in [0.1, 0.15) is 36.9 Å². The highest BCUT2D eigenvalue weighted by molar-refractivity contribution is 7.99. The number of ether oxygens (including phenoxy) is 1. The van der Waals surface area contributed by atoms with E-state index in [1.165, 1.54) is 17.3 Å². The van der Waals surface area contributed by atoms with Gasteiger partial charge in [0.25, 0.3) is 0 Å². The Balaban J connectivity index is 1.66. The third-order valence-electron chi connectivity index (χ3n) is 4.84. The van der Waals surface area contributed by atoms with Crippen molar-refractivity contribution in [3.05, 3.63) is 77.1 Å². The molecular weight excluding hydrogens is 444 g/mol. The van der Waals surface area contributed by atoms with Crippen LogP contribution in [0.2, 0.25) is 5.02 Å². The number of amides is 1. The Hall–Kier alpha value is -2.77. The largest absolute Gasteiger partial charge is 0.482 e. The summed E-state index contributed by atoms with van der Waals surface area (Å²) < 4.78 is 8.02. The minimum atomic E-state index is -0.345. The van der Waals surface area contributed by atoms with Gasteiger partial charge in [0.1, 0.15) is 5.75 Å². The molecule has 8 heteroatoms. The molecule has 0 spiro atoms. The van der Waals surface area contributed by atoms with E-state index < -0.39 is 0 Å². The number of benzene rings is 2. The van der Waals surface area contributed by atoms with Gasteiger partial charge in [-0.15, -0.1) is 16.8 Å². The molecule has 2 aromatic carbocycles. The van der Waals surface area contributed by atoms with Crippen molar-refractivity contribution in [1.29, 1.82) is 0 Å². The summed E-state index contributed by atoms with van der Waals surface area (Å²) in [6, 6.07) is 13.3. The highest BCUT2D eigenvalue weighted by Gasteiger charge is 2.20. The normalized spacial score (nSPS) is 11.8. The molecule has 1 aromatic heterocycles. The number of halogens is 1. The zero-order valence-corrected chi connectivity index (χ0v) is 20.0. The standard InChI is InChI=1S/C24H27ClN4O2S/c1-5-13-29-23(17(4)31-21-12-9-19(25)14-16(21)3)27-28-24(29)32-15-22(30)26-20-10-7-18(6-2)8-11-20/h5,7-12,14,17H,1,6,13,15H2,2-4H3,(H,26,30). The van der Waals surface area contributed by atoms with Gasteiger partial charge in [-0.1, -0.05) is 48.5 Å². The summed E-state index contributed by atoms with van der Waals surface area (Å²) in [5.41, 5.74) is 2.95. The number of hydrogen-bond donors (Lipinski definition) is 1. The number of nitrogens with one attached hydrogen (secondary N) is 1. The molecule has 0 aliphatic carbocycles. The van der Waals surface area contributed by atoms with E-state index in [9.17, 15) is 4.79 Å². The predicted molar refractivity (Wildman–Crippen MR) is 131 cm³/mol. The van der Waals surface area contributed by atoms with Gasteiger partial charge in [0.2, 0.25) is 5.91 Å². The Kier molecular flexibility index (Phi) is 8.36. The van der Waals surface area contributed by atoms with E-state index in [4.69, 9.17) is 16.3 Å². The van der Waals surface area contributed by atoms with Crippen LogP contribution < -0.4 is 10.1 Å². The van der Waals surface area contributed by atoms with Gasteiger partial charge in [0, 0.05) is 17.3 Å². The predicted octanol–water partition coefficient (Wildman–Crippen LogP) is 5.86. The van der Waals surface area contributed by atoms with Crippen LogP contribution in [0.25, 0.3) is 0 Å². The Morgan fingerprint density at radius 2 is 2.03 bits per heavy atom. The number of hydrogen-bond acceptors (Lipinski definition) is 5. The second-order valence-corrected chi connectivity index (χ2v) is 8.68. The molecule has 0 bridgehead atoms. The molecule has 1 amide bonds. The number of rotatable bonds is 10. The van der Waals surface area contributed by atoms with Crippen LogP contribution in [0, 0.1) is 6.92 Å². The average Bonchev–Trinajstić information content (AvgIpc) is 3.18. The Bertz CT molecular complexity index is 1080. The first-order chi connectivity index (χ1) is 15.4. The second-order valence-electron chi connectivity index (χ2n) is 7.30. The molecule has 0 saturated heterocycles. The summed E-state index contributed by atoms with van der Waals surface area (Å²) in [4.78, 5) is 12.4. The third-order valence-corrected chi connectivity index (χ3v) is 6.04. The van der Waals surface area contributed by atoms with Crippen molar-refractivity contribution in [2.75, 3.05) is 11.1 Å². The SMILES string of the molecule is C=CCn1c(SCC(=O)Nc2ccc(CC)cc2)nnc1C(C)Oc1ccc(Cl)cc1C. The molecule has 1 N–H and O–H groups in total. The molecule has 0 fully saturated rings. The topological polar surface area (TPSA) is 69.0 Å². The van der Waals surface area contributed by atoms with E-state index in [0.717, 1.165) is 23.4 Å². The average molecular weight is 471 g/mol. The molecule has 168 valence electrons. The first-order valence-electron chi connectivity index (χ1n) is 10.4. The molecule has 1 heterocycles. The van der Waals surface area contributed by atoms with Gasteiger partial charge in [-0.2, -0.15) is 0 Å². The molecular formula is C24H27ClN4O2S. The molecule has 1 atom stereocenters. The fraction of sp³-hybridized carbons (Fsp3) is 0.292. The lowest BCUT2D eigenvalue weighted by Gasteiger charge is -2.17. The fourth-order valence-electron chi connectivity index (χ4n) is 3.15. The highest BCUT2D eigenvalue weighted by Crippen LogP contribution is 2.28. The van der Waals surface area contributed by atoms with Gasteiger partial charge in [-0.05, 0) is 61.7 Å². The summed E-state index contributed by atoms with van der Waals surface area (Å²) in [5, 5.41) is 12.8. The zero-order chi connectivity index (χ0) is 23.1. The van der Waals surface area contributed by atoms with Crippen LogP contribution >= 0.6 is 23.4 Å². The van der Waals surface area contributed by atoms with Crippen LogP contribution in [0.4, 0.5) is 5.69 Å². The van der Waals surface area contributed by atoms with E-state index in [1.807, 2.05) is 54.8 Å². The maximum atomic E-state index is 12.4. The maximum Gasteiger partial charge on any atom is 0.234 e. The molecule has 3 aromatic rings. The molecule has 3 rings (SSSR count). The summed E-state index contributed by atoms with van der Waals surface area (Å²) in [7, 11) is 0. The summed E-state index contributed by atoms with van der Waals surface area (Å²) in [6.07, 6.45) is 2.39. The lowest BCUT2D eigenvalue weighted by Crippen LogP contribution is -2.15. The fourth-order valence-corrected chi connectivity index (χ4v) is 4.13. The van der Waals surface area contributed by atoms with Crippen LogP contribution in [0.5, 0.6) is 5.75 Å². The summed E-state index contributed by atoms with van der Waals surface area (Å²) in [6.45, 7) is 10.3. The lowest BCUT2D eigenvalue weighted by molar-refractivity contribution is -0.113. The minimum absolute atomic E-state index is 0.102. The molecule has 0 aliphatic rings. The van der Waals surface area contributed by atoms with Crippen molar-refractivity contribution in [2.24, 2.45) is 0 Å². The van der Waals surface area contributed by atoms with E-state index in [2.05, 4.69) is 29.0 Å². The van der Waals surface area contributed by atoms with Crippen molar-refractivity contribution in [3.8, 4) is 5.75 Å². The Morgan fingerprint density at radius 1 is 1.28 bits per heavy atom. The number of thioether (sulfide) groups is 1. The van der Waals surface area contributed by atoms with Crippen LogP contribution in [0.15, 0.2) is 60.3 Å². The molecule has 0 radical (unpaired) electrons. The zero-order valence-electron chi connectivity index (χ0n) is 18.5. The van der Waals surface area contributed by atoms with E-state index in [1.54, 1.807) is 12.1 Å².